The Bertz CT molecular complexity index is 742. The second-order valence-electron chi connectivity index (χ2n) is 7.21. The van der Waals surface area contributed by atoms with Gasteiger partial charge in [0.25, 0.3) is 0 Å². The number of rotatable bonds is 9. The molecule has 0 bridgehead atoms. The van der Waals surface area contributed by atoms with Crippen molar-refractivity contribution in [2.24, 2.45) is 18.0 Å². The highest BCUT2D eigenvalue weighted by Gasteiger charge is 2.07. The first-order chi connectivity index (χ1) is 13.0. The highest BCUT2D eigenvalue weighted by Crippen LogP contribution is 2.21. The molecule has 0 radical (unpaired) electrons. The lowest BCUT2D eigenvalue weighted by Gasteiger charge is -2.16. The number of aryl methyl sites for hydroxylation is 2. The van der Waals surface area contributed by atoms with Crippen molar-refractivity contribution in [3.05, 3.63) is 47.3 Å². The molecule has 0 aliphatic rings. The third-order valence-corrected chi connectivity index (χ3v) is 4.14. The SMILES string of the molecule is CCNC(=NCc1cnn(C)c1)NCc1ccc(C)cc1OCCC(C)C.I. The molecule has 0 atom stereocenters. The number of nitrogens with one attached hydrogen (secondary N) is 2. The molecule has 156 valence electrons. The van der Waals surface area contributed by atoms with E-state index in [4.69, 9.17) is 4.74 Å². The van der Waals surface area contributed by atoms with Crippen molar-refractivity contribution < 1.29 is 4.74 Å². The summed E-state index contributed by atoms with van der Waals surface area (Å²) in [6.07, 6.45) is 4.87. The van der Waals surface area contributed by atoms with E-state index in [0.717, 1.165) is 42.4 Å². The van der Waals surface area contributed by atoms with Crippen molar-refractivity contribution in [2.75, 3.05) is 13.2 Å². The molecule has 2 aromatic rings. The van der Waals surface area contributed by atoms with Crippen molar-refractivity contribution >= 4 is 29.9 Å². The van der Waals surface area contributed by atoms with Crippen molar-refractivity contribution in [1.82, 2.24) is 20.4 Å². The number of halogens is 1. The summed E-state index contributed by atoms with van der Waals surface area (Å²) in [4.78, 5) is 4.64. The van der Waals surface area contributed by atoms with Crippen LogP contribution in [0.4, 0.5) is 0 Å². The van der Waals surface area contributed by atoms with Crippen molar-refractivity contribution in [2.45, 2.75) is 47.2 Å². The summed E-state index contributed by atoms with van der Waals surface area (Å²) in [5, 5.41) is 10.9. The monoisotopic (exact) mass is 499 g/mol. The van der Waals surface area contributed by atoms with Gasteiger partial charge < -0.3 is 15.4 Å². The zero-order chi connectivity index (χ0) is 19.6. The molecule has 0 aliphatic heterocycles. The van der Waals surface area contributed by atoms with E-state index in [1.807, 2.05) is 19.4 Å². The minimum absolute atomic E-state index is 0. The highest BCUT2D eigenvalue weighted by molar-refractivity contribution is 14.0. The molecular weight excluding hydrogens is 465 g/mol. The summed E-state index contributed by atoms with van der Waals surface area (Å²) in [5.41, 5.74) is 3.43. The van der Waals surface area contributed by atoms with Gasteiger partial charge in [-0.1, -0.05) is 26.0 Å². The fourth-order valence-electron chi connectivity index (χ4n) is 2.59. The molecule has 0 saturated carbocycles. The lowest BCUT2D eigenvalue weighted by molar-refractivity contribution is 0.286. The van der Waals surface area contributed by atoms with E-state index in [9.17, 15) is 0 Å². The van der Waals surface area contributed by atoms with Crippen LogP contribution < -0.4 is 15.4 Å². The predicted molar refractivity (Wildman–Crippen MR) is 126 cm³/mol. The summed E-state index contributed by atoms with van der Waals surface area (Å²) >= 11 is 0. The van der Waals surface area contributed by atoms with E-state index in [0.29, 0.717) is 19.0 Å². The van der Waals surface area contributed by atoms with Crippen LogP contribution in [0.1, 0.15) is 43.9 Å². The normalized spacial score (nSPS) is 11.3. The number of aliphatic imine (C=N–C) groups is 1. The average molecular weight is 499 g/mol. The van der Waals surface area contributed by atoms with Gasteiger partial charge in [-0.15, -0.1) is 24.0 Å². The van der Waals surface area contributed by atoms with Crippen LogP contribution in [0.5, 0.6) is 5.75 Å². The number of hydrogen-bond acceptors (Lipinski definition) is 3. The largest absolute Gasteiger partial charge is 0.493 e. The van der Waals surface area contributed by atoms with Gasteiger partial charge >= 0.3 is 0 Å². The second-order valence-corrected chi connectivity index (χ2v) is 7.21. The molecule has 0 amide bonds. The zero-order valence-corrected chi connectivity index (χ0v) is 20.0. The van der Waals surface area contributed by atoms with Crippen LogP contribution in [-0.2, 0) is 20.1 Å². The van der Waals surface area contributed by atoms with Gasteiger partial charge in [0.2, 0.25) is 0 Å². The molecule has 1 aromatic heterocycles. The van der Waals surface area contributed by atoms with Crippen LogP contribution in [0.2, 0.25) is 0 Å². The Kier molecular flexibility index (Phi) is 11.0. The Morgan fingerprint density at radius 3 is 2.71 bits per heavy atom. The van der Waals surface area contributed by atoms with Crippen LogP contribution in [-0.4, -0.2) is 28.9 Å². The first kappa shape index (κ1) is 24.3. The first-order valence-electron chi connectivity index (χ1n) is 9.70. The third-order valence-electron chi connectivity index (χ3n) is 4.14. The second kappa shape index (κ2) is 12.6. The average Bonchev–Trinajstić information content (AvgIpc) is 3.03. The summed E-state index contributed by atoms with van der Waals surface area (Å²) < 4.78 is 7.83. The maximum atomic E-state index is 6.04. The van der Waals surface area contributed by atoms with E-state index in [1.54, 1.807) is 4.68 Å². The summed E-state index contributed by atoms with van der Waals surface area (Å²) in [7, 11) is 1.91. The number of guanidine groups is 1. The number of benzene rings is 1. The maximum Gasteiger partial charge on any atom is 0.191 e. The van der Waals surface area contributed by atoms with Gasteiger partial charge in [-0.3, -0.25) is 4.68 Å². The quantitative estimate of drug-likeness (QED) is 0.311. The molecule has 1 aromatic carbocycles. The molecule has 2 rings (SSSR count). The number of aromatic nitrogens is 2. The Morgan fingerprint density at radius 1 is 1.29 bits per heavy atom. The molecule has 0 fully saturated rings. The molecule has 0 spiro atoms. The number of hydrogen-bond donors (Lipinski definition) is 2. The van der Waals surface area contributed by atoms with Crippen LogP contribution in [0, 0.1) is 12.8 Å². The summed E-state index contributed by atoms with van der Waals surface area (Å²) in [6, 6.07) is 6.35. The van der Waals surface area contributed by atoms with Crippen LogP contribution >= 0.6 is 24.0 Å². The Morgan fingerprint density at radius 2 is 2.07 bits per heavy atom. The van der Waals surface area contributed by atoms with E-state index < -0.39 is 0 Å². The van der Waals surface area contributed by atoms with Gasteiger partial charge in [0.05, 0.1) is 19.3 Å². The molecule has 28 heavy (non-hydrogen) atoms. The minimum Gasteiger partial charge on any atom is -0.493 e. The van der Waals surface area contributed by atoms with E-state index in [-0.39, 0.29) is 24.0 Å². The molecule has 1 heterocycles. The lowest BCUT2D eigenvalue weighted by Crippen LogP contribution is -2.36. The van der Waals surface area contributed by atoms with E-state index in [1.165, 1.54) is 5.56 Å². The smallest absolute Gasteiger partial charge is 0.191 e. The van der Waals surface area contributed by atoms with E-state index in [2.05, 4.69) is 66.6 Å². The standard InChI is InChI=1S/C21H33N5O.HI/c1-6-22-21(23-12-18-13-25-26(5)15-18)24-14-19-8-7-17(4)11-20(19)27-10-9-16(2)3;/h7-8,11,13,15-16H,6,9-10,12,14H2,1-5H3,(H2,22,23,24);1H. The van der Waals surface area contributed by atoms with Crippen molar-refractivity contribution in [3.8, 4) is 5.75 Å². The first-order valence-corrected chi connectivity index (χ1v) is 9.70. The van der Waals surface area contributed by atoms with Crippen LogP contribution in [0.3, 0.4) is 0 Å². The van der Waals surface area contributed by atoms with Crippen molar-refractivity contribution in [3.63, 3.8) is 0 Å². The van der Waals surface area contributed by atoms with Gasteiger partial charge in [0, 0.05) is 37.5 Å². The Balaban J connectivity index is 0.00000392. The fourth-order valence-corrected chi connectivity index (χ4v) is 2.59. The zero-order valence-electron chi connectivity index (χ0n) is 17.7. The Hall–Kier alpha value is -1.77. The molecule has 7 heteroatoms. The molecule has 0 unspecified atom stereocenters. The summed E-state index contributed by atoms with van der Waals surface area (Å²) in [5.74, 6) is 2.37. The molecule has 6 nitrogen and oxygen atoms in total. The van der Waals surface area contributed by atoms with Crippen molar-refractivity contribution in [1.29, 1.82) is 0 Å². The molecule has 0 saturated heterocycles. The molecular formula is C21H34IN5O. The summed E-state index contributed by atoms with van der Waals surface area (Å²) in [6.45, 7) is 11.4. The van der Waals surface area contributed by atoms with Gasteiger partial charge in [0.15, 0.2) is 5.96 Å². The maximum absolute atomic E-state index is 6.04. The van der Waals surface area contributed by atoms with Gasteiger partial charge in [-0.25, -0.2) is 4.99 Å². The molecule has 0 aliphatic carbocycles. The lowest BCUT2D eigenvalue weighted by atomic mass is 10.1. The van der Waals surface area contributed by atoms with Gasteiger partial charge in [-0.05, 0) is 37.8 Å². The minimum atomic E-state index is 0. The Labute approximate surface area is 186 Å². The van der Waals surface area contributed by atoms with Crippen LogP contribution in [0.15, 0.2) is 35.6 Å². The number of ether oxygens (including phenoxy) is 1. The topological polar surface area (TPSA) is 63.5 Å². The number of nitrogens with zero attached hydrogens (tertiary/aromatic N) is 3. The highest BCUT2D eigenvalue weighted by atomic mass is 127. The third kappa shape index (κ3) is 8.50. The fraction of sp³-hybridized carbons (Fsp3) is 0.524. The van der Waals surface area contributed by atoms with Crippen LogP contribution in [0.25, 0.3) is 0 Å². The van der Waals surface area contributed by atoms with Gasteiger partial charge in [0.1, 0.15) is 5.75 Å². The molecule has 2 N–H and O–H groups in total. The van der Waals surface area contributed by atoms with E-state index >= 15 is 0 Å². The predicted octanol–water partition coefficient (Wildman–Crippen LogP) is 4.03. The van der Waals surface area contributed by atoms with Gasteiger partial charge in [-0.2, -0.15) is 5.10 Å².